The molecule has 1 N–H and O–H groups in total. The fourth-order valence-corrected chi connectivity index (χ4v) is 3.66. The topological polar surface area (TPSA) is 63.4 Å². The zero-order valence-corrected chi connectivity index (χ0v) is 20.4. The summed E-state index contributed by atoms with van der Waals surface area (Å²) in [5, 5.41) is 17.3. The zero-order valence-electron chi connectivity index (χ0n) is 20.4. The van der Waals surface area contributed by atoms with E-state index < -0.39 is 0 Å². The molecule has 5 heteroatoms. The van der Waals surface area contributed by atoms with Gasteiger partial charge in [0.1, 0.15) is 12.4 Å². The van der Waals surface area contributed by atoms with Crippen LogP contribution in [0.15, 0.2) is 58.8 Å². The highest BCUT2D eigenvalue weighted by Gasteiger charge is 1.98. The molecule has 0 saturated heterocycles. The van der Waals surface area contributed by atoms with Gasteiger partial charge in [-0.15, -0.1) is 0 Å². The molecule has 2 rings (SSSR count). The highest BCUT2D eigenvalue weighted by Crippen LogP contribution is 2.22. The van der Waals surface area contributed by atoms with E-state index in [1.165, 1.54) is 69.8 Å². The lowest BCUT2D eigenvalue weighted by Crippen LogP contribution is -2.08. The maximum absolute atomic E-state index is 8.67. The third kappa shape index (κ3) is 13.2. The Morgan fingerprint density at radius 3 is 1.76 bits per heavy atom. The molecule has 0 saturated carbocycles. The van der Waals surface area contributed by atoms with Gasteiger partial charge in [-0.2, -0.15) is 10.2 Å². The van der Waals surface area contributed by atoms with Gasteiger partial charge >= 0.3 is 0 Å². The highest BCUT2D eigenvalue weighted by atomic mass is 16.5. The maximum atomic E-state index is 8.67. The van der Waals surface area contributed by atoms with Gasteiger partial charge in [0.05, 0.1) is 31.2 Å². The number of aliphatic hydroxyl groups is 1. The molecule has 0 aromatic heterocycles. The highest BCUT2D eigenvalue weighted by molar-refractivity contribution is 5.43. The van der Waals surface area contributed by atoms with Crippen LogP contribution in [0.5, 0.6) is 5.75 Å². The summed E-state index contributed by atoms with van der Waals surface area (Å²) in [6.07, 6.45) is 14.8. The van der Waals surface area contributed by atoms with E-state index in [4.69, 9.17) is 14.6 Å². The largest absolute Gasteiger partial charge is 0.491 e. The second-order valence-electron chi connectivity index (χ2n) is 8.48. The fourth-order valence-electron chi connectivity index (χ4n) is 3.66. The first kappa shape index (κ1) is 27.0. The Labute approximate surface area is 200 Å². The quantitative estimate of drug-likeness (QED) is 0.173. The van der Waals surface area contributed by atoms with Crippen LogP contribution in [0.25, 0.3) is 0 Å². The van der Waals surface area contributed by atoms with Gasteiger partial charge in [0.25, 0.3) is 0 Å². The summed E-state index contributed by atoms with van der Waals surface area (Å²) in [6.45, 7) is 3.55. The number of nitrogens with zero attached hydrogens (tertiary/aromatic N) is 2. The standard InChI is InChI=1S/C28H42N2O3/c1-2-3-4-5-6-7-8-9-10-11-12-25-13-15-26(16-14-25)29-30-27-17-19-28(20-18-27)33-24-23-32-22-21-31/h13-20,31H,2-12,21-24H2,1H3/b30-29+. The number of ether oxygens (including phenoxy) is 2. The Morgan fingerprint density at radius 2 is 1.18 bits per heavy atom. The van der Waals surface area contributed by atoms with Crippen LogP contribution in [0.4, 0.5) is 11.4 Å². The molecule has 33 heavy (non-hydrogen) atoms. The molecule has 5 nitrogen and oxygen atoms in total. The molecule has 0 spiro atoms. The fraction of sp³-hybridized carbons (Fsp3) is 0.571. The first-order valence-electron chi connectivity index (χ1n) is 12.7. The minimum atomic E-state index is 0.0295. The molecule has 0 unspecified atom stereocenters. The van der Waals surface area contributed by atoms with Gasteiger partial charge in [-0.3, -0.25) is 0 Å². The van der Waals surface area contributed by atoms with Crippen LogP contribution in [-0.2, 0) is 11.2 Å². The van der Waals surface area contributed by atoms with E-state index in [1.54, 1.807) is 0 Å². The van der Waals surface area contributed by atoms with Gasteiger partial charge in [-0.1, -0.05) is 76.8 Å². The Morgan fingerprint density at radius 1 is 0.636 bits per heavy atom. The summed E-state index contributed by atoms with van der Waals surface area (Å²) in [5.74, 6) is 0.762. The van der Waals surface area contributed by atoms with Crippen molar-refractivity contribution >= 4 is 11.4 Å². The van der Waals surface area contributed by atoms with Gasteiger partial charge in [0.15, 0.2) is 0 Å². The molecule has 0 aliphatic rings. The molecular weight excluding hydrogens is 412 g/mol. The van der Waals surface area contributed by atoms with Crippen molar-refractivity contribution in [3.05, 3.63) is 54.1 Å². The van der Waals surface area contributed by atoms with E-state index in [2.05, 4.69) is 29.3 Å². The van der Waals surface area contributed by atoms with Gasteiger partial charge in [-0.05, 0) is 54.8 Å². The number of hydrogen-bond acceptors (Lipinski definition) is 5. The Hall–Kier alpha value is -2.24. The van der Waals surface area contributed by atoms with Crippen molar-refractivity contribution < 1.29 is 14.6 Å². The van der Waals surface area contributed by atoms with Crippen LogP contribution >= 0.6 is 0 Å². The number of aliphatic hydroxyl groups excluding tert-OH is 1. The lowest BCUT2D eigenvalue weighted by atomic mass is 10.0. The third-order valence-electron chi connectivity index (χ3n) is 5.61. The van der Waals surface area contributed by atoms with Crippen LogP contribution in [-0.4, -0.2) is 31.5 Å². The summed E-state index contributed by atoms with van der Waals surface area (Å²) in [7, 11) is 0. The molecule has 0 aliphatic heterocycles. The van der Waals surface area contributed by atoms with Crippen molar-refractivity contribution in [3.63, 3.8) is 0 Å². The number of rotatable bonds is 19. The first-order chi connectivity index (χ1) is 16.3. The molecular formula is C28H42N2O3. The van der Waals surface area contributed by atoms with Crippen LogP contribution in [0.1, 0.15) is 76.7 Å². The van der Waals surface area contributed by atoms with Crippen LogP contribution < -0.4 is 4.74 Å². The van der Waals surface area contributed by atoms with Crippen molar-refractivity contribution in [2.45, 2.75) is 77.6 Å². The maximum Gasteiger partial charge on any atom is 0.119 e. The van der Waals surface area contributed by atoms with Crippen molar-refractivity contribution in [1.82, 2.24) is 0 Å². The molecule has 0 bridgehead atoms. The van der Waals surface area contributed by atoms with E-state index in [1.807, 2.05) is 36.4 Å². The average molecular weight is 455 g/mol. The SMILES string of the molecule is CCCCCCCCCCCCc1ccc(/N=N/c2ccc(OCCOCCO)cc2)cc1. The summed E-state index contributed by atoms with van der Waals surface area (Å²) < 4.78 is 10.8. The van der Waals surface area contributed by atoms with E-state index in [-0.39, 0.29) is 6.61 Å². The van der Waals surface area contributed by atoms with Crippen LogP contribution in [0.2, 0.25) is 0 Å². The smallest absolute Gasteiger partial charge is 0.119 e. The van der Waals surface area contributed by atoms with Gasteiger partial charge in [0, 0.05) is 0 Å². The molecule has 0 fully saturated rings. The minimum Gasteiger partial charge on any atom is -0.491 e. The second-order valence-corrected chi connectivity index (χ2v) is 8.48. The molecule has 0 atom stereocenters. The lowest BCUT2D eigenvalue weighted by molar-refractivity contribution is 0.0705. The summed E-state index contributed by atoms with van der Waals surface area (Å²) >= 11 is 0. The Balaban J connectivity index is 1.59. The molecule has 0 heterocycles. The summed E-state index contributed by atoms with van der Waals surface area (Å²) in [6, 6.07) is 15.9. The Kier molecular flexibility index (Phi) is 14.9. The second kappa shape index (κ2) is 18.2. The van der Waals surface area contributed by atoms with Gasteiger partial charge in [0.2, 0.25) is 0 Å². The van der Waals surface area contributed by atoms with Crippen molar-refractivity contribution in [2.75, 3.05) is 26.4 Å². The zero-order chi connectivity index (χ0) is 23.4. The Bertz CT molecular complexity index is 745. The average Bonchev–Trinajstić information content (AvgIpc) is 2.85. The van der Waals surface area contributed by atoms with E-state index in [9.17, 15) is 0 Å². The number of azo groups is 1. The molecule has 0 aliphatic carbocycles. The minimum absolute atomic E-state index is 0.0295. The van der Waals surface area contributed by atoms with Crippen molar-refractivity contribution in [2.24, 2.45) is 10.2 Å². The number of hydrogen-bond donors (Lipinski definition) is 1. The number of unbranched alkanes of at least 4 members (excludes halogenated alkanes) is 9. The van der Waals surface area contributed by atoms with Crippen LogP contribution in [0.3, 0.4) is 0 Å². The summed E-state index contributed by atoms with van der Waals surface area (Å²) in [5.41, 5.74) is 3.02. The van der Waals surface area contributed by atoms with Crippen molar-refractivity contribution in [3.8, 4) is 5.75 Å². The summed E-state index contributed by atoms with van der Waals surface area (Å²) in [4.78, 5) is 0. The predicted molar refractivity (Wildman–Crippen MR) is 136 cm³/mol. The monoisotopic (exact) mass is 454 g/mol. The number of aryl methyl sites for hydroxylation is 1. The van der Waals surface area contributed by atoms with Crippen molar-refractivity contribution in [1.29, 1.82) is 0 Å². The van der Waals surface area contributed by atoms with Crippen LogP contribution in [0, 0.1) is 0 Å². The van der Waals surface area contributed by atoms with Gasteiger partial charge < -0.3 is 14.6 Å². The first-order valence-corrected chi connectivity index (χ1v) is 12.7. The predicted octanol–water partition coefficient (Wildman–Crippen LogP) is 7.95. The normalized spacial score (nSPS) is 11.3. The third-order valence-corrected chi connectivity index (χ3v) is 5.61. The van der Waals surface area contributed by atoms with Gasteiger partial charge in [-0.25, -0.2) is 0 Å². The van der Waals surface area contributed by atoms with E-state index in [0.29, 0.717) is 19.8 Å². The lowest BCUT2D eigenvalue weighted by Gasteiger charge is -2.06. The van der Waals surface area contributed by atoms with E-state index in [0.717, 1.165) is 23.5 Å². The molecule has 2 aromatic rings. The molecule has 182 valence electrons. The molecule has 2 aromatic carbocycles. The van der Waals surface area contributed by atoms with E-state index >= 15 is 0 Å². The molecule has 0 radical (unpaired) electrons. The molecule has 0 amide bonds. The number of benzene rings is 2.